The van der Waals surface area contributed by atoms with Crippen LogP contribution in [0.5, 0.6) is 0 Å². The molecule has 2 saturated carbocycles. The fourth-order valence-corrected chi connectivity index (χ4v) is 14.0. The number of rotatable bonds is 8. The molecule has 348 valence electrons. The van der Waals surface area contributed by atoms with E-state index in [4.69, 9.17) is 0 Å². The van der Waals surface area contributed by atoms with E-state index in [9.17, 15) is 0 Å². The fraction of sp³-hybridized carbons (Fsp3) is 0.464. The zero-order valence-electron chi connectivity index (χ0n) is 39.2. The van der Waals surface area contributed by atoms with E-state index in [1.165, 1.54) is 127 Å². The van der Waals surface area contributed by atoms with E-state index in [1.54, 1.807) is 0 Å². The van der Waals surface area contributed by atoms with E-state index >= 15 is 0 Å². The van der Waals surface area contributed by atoms with Crippen LogP contribution in [0.25, 0.3) is 56.0 Å². The topological polar surface area (TPSA) is 125 Å². The summed E-state index contributed by atoms with van der Waals surface area (Å²) in [5, 5.41) is 34.8. The molecule has 14 rings (SSSR count). The van der Waals surface area contributed by atoms with Crippen LogP contribution >= 0.6 is 0 Å². The van der Waals surface area contributed by atoms with Gasteiger partial charge in [-0.25, -0.2) is 9.36 Å². The lowest BCUT2D eigenvalue weighted by Gasteiger charge is -2.45. The van der Waals surface area contributed by atoms with E-state index < -0.39 is 0 Å². The molecular weight excluding hydrogens is 841 g/mol. The van der Waals surface area contributed by atoms with Crippen molar-refractivity contribution in [3.63, 3.8) is 0 Å². The summed E-state index contributed by atoms with van der Waals surface area (Å²) in [5.74, 6) is 1.38. The van der Waals surface area contributed by atoms with E-state index in [-0.39, 0.29) is 0 Å². The van der Waals surface area contributed by atoms with Gasteiger partial charge in [0, 0.05) is 47.0 Å². The molecule has 2 unspecified atom stereocenters. The van der Waals surface area contributed by atoms with Crippen LogP contribution in [0, 0.1) is 0 Å². The third kappa shape index (κ3) is 7.96. The number of piperidine rings is 2. The summed E-state index contributed by atoms with van der Waals surface area (Å²) in [6.07, 6.45) is 29.2. The highest BCUT2D eigenvalue weighted by atomic mass is 15.4. The number of fused-ring (bicyclic) bond motifs is 6. The molecule has 8 aromatic rings. The largest absolute Gasteiger partial charge is 0.294 e. The Morgan fingerprint density at radius 1 is 0.397 bits per heavy atom. The first-order valence-electron chi connectivity index (χ1n) is 26.1. The second-order valence-corrected chi connectivity index (χ2v) is 21.1. The van der Waals surface area contributed by atoms with Gasteiger partial charge in [0.25, 0.3) is 0 Å². The van der Waals surface area contributed by atoms with Crippen molar-refractivity contribution in [2.45, 2.75) is 164 Å². The number of nitrogens with one attached hydrogen (secondary N) is 2. The first-order valence-corrected chi connectivity index (χ1v) is 26.1. The highest BCUT2D eigenvalue weighted by molar-refractivity contribution is 5.92. The van der Waals surface area contributed by atoms with E-state index in [0.29, 0.717) is 11.8 Å². The number of benzene rings is 4. The predicted octanol–water partition coefficient (Wildman–Crippen LogP) is 11.7. The highest BCUT2D eigenvalue weighted by Gasteiger charge is 2.45. The number of nitrogens with zero attached hydrogens (tertiary/aromatic N) is 10. The molecule has 4 saturated heterocycles. The van der Waals surface area contributed by atoms with Crippen LogP contribution in [-0.4, -0.2) is 96.4 Å². The van der Waals surface area contributed by atoms with Gasteiger partial charge in [0.1, 0.15) is 22.8 Å². The lowest BCUT2D eigenvalue weighted by molar-refractivity contribution is 0.0567. The van der Waals surface area contributed by atoms with Gasteiger partial charge in [0.2, 0.25) is 0 Å². The third-order valence-electron chi connectivity index (χ3n) is 17.2. The minimum absolute atomic E-state index is 0.688. The van der Waals surface area contributed by atoms with Crippen molar-refractivity contribution in [2.75, 3.05) is 0 Å². The molecule has 12 nitrogen and oxygen atoms in total. The van der Waals surface area contributed by atoms with Crippen molar-refractivity contribution >= 4 is 21.8 Å². The molecule has 68 heavy (non-hydrogen) atoms. The molecule has 4 aliphatic heterocycles. The summed E-state index contributed by atoms with van der Waals surface area (Å²) in [6.45, 7) is 0. The fourth-order valence-electron chi connectivity index (χ4n) is 14.0. The Kier molecular flexibility index (Phi) is 11.3. The molecule has 2 aliphatic carbocycles. The molecule has 0 spiro atoms. The van der Waals surface area contributed by atoms with Crippen LogP contribution in [0.1, 0.15) is 139 Å². The van der Waals surface area contributed by atoms with Gasteiger partial charge in [-0.05, 0) is 136 Å². The van der Waals surface area contributed by atoms with Gasteiger partial charge in [0.15, 0.2) is 0 Å². The molecule has 6 aliphatic rings. The lowest BCUT2D eigenvalue weighted by Crippen LogP contribution is -2.49. The standard InChI is InChI=1S/2C28H32N6/c2*1-2-6-22(7-3-1)34-23-14-15-24(34)17-20(16-23)19-10-12-21(13-11-19)33-18-27(30-32-33)28-25-8-4-5-9-26(25)29-31-28/h2*4-5,8-13,18,20,22-24H,1-3,6-7,14-17H2,(H,29,31)/t2*20?,23-,24+. The molecule has 2 N–H and O–H groups in total. The van der Waals surface area contributed by atoms with Crippen molar-refractivity contribution in [3.8, 4) is 34.2 Å². The van der Waals surface area contributed by atoms with Gasteiger partial charge in [0.05, 0.1) is 34.8 Å². The van der Waals surface area contributed by atoms with Crippen LogP contribution in [0.4, 0.5) is 0 Å². The third-order valence-corrected chi connectivity index (χ3v) is 17.2. The van der Waals surface area contributed by atoms with Crippen LogP contribution in [0.3, 0.4) is 0 Å². The van der Waals surface area contributed by atoms with Gasteiger partial charge < -0.3 is 0 Å². The Hall–Kier alpha value is -5.98. The number of aromatic nitrogens is 10. The van der Waals surface area contributed by atoms with Crippen molar-refractivity contribution in [3.05, 3.63) is 121 Å². The van der Waals surface area contributed by atoms with Gasteiger partial charge in [-0.15, -0.1) is 10.2 Å². The molecule has 8 heterocycles. The van der Waals surface area contributed by atoms with E-state index in [2.05, 4.69) is 111 Å². The van der Waals surface area contributed by atoms with Crippen LogP contribution < -0.4 is 0 Å². The number of H-pyrrole nitrogens is 2. The van der Waals surface area contributed by atoms with Crippen LogP contribution in [0.15, 0.2) is 109 Å². The van der Waals surface area contributed by atoms with Gasteiger partial charge >= 0.3 is 0 Å². The quantitative estimate of drug-likeness (QED) is 0.154. The molecule has 4 bridgehead atoms. The Bertz CT molecular complexity index is 2740. The monoisotopic (exact) mass is 905 g/mol. The van der Waals surface area contributed by atoms with Crippen molar-refractivity contribution in [1.82, 2.24) is 60.2 Å². The number of aromatic amines is 2. The molecule has 4 aromatic heterocycles. The molecule has 6 fully saturated rings. The second kappa shape index (κ2) is 18.2. The van der Waals surface area contributed by atoms with Gasteiger partial charge in [-0.2, -0.15) is 10.2 Å². The zero-order chi connectivity index (χ0) is 45.0. The first-order chi connectivity index (χ1) is 33.7. The number of para-hydroxylation sites is 2. The molecule has 4 aromatic carbocycles. The van der Waals surface area contributed by atoms with Crippen molar-refractivity contribution in [1.29, 1.82) is 0 Å². The summed E-state index contributed by atoms with van der Waals surface area (Å²) < 4.78 is 3.72. The van der Waals surface area contributed by atoms with Crippen LogP contribution in [0.2, 0.25) is 0 Å². The summed E-state index contributed by atoms with van der Waals surface area (Å²) in [6, 6.07) is 39.3. The maximum absolute atomic E-state index is 4.46. The summed E-state index contributed by atoms with van der Waals surface area (Å²) in [7, 11) is 0. The smallest absolute Gasteiger partial charge is 0.134 e. The summed E-state index contributed by atoms with van der Waals surface area (Å²) in [5.41, 5.74) is 10.4. The summed E-state index contributed by atoms with van der Waals surface area (Å²) >= 11 is 0. The average Bonchev–Trinajstić information content (AvgIpc) is 4.28. The Labute approximate surface area is 398 Å². The van der Waals surface area contributed by atoms with Crippen molar-refractivity contribution in [2.24, 2.45) is 0 Å². The Morgan fingerprint density at radius 3 is 1.18 bits per heavy atom. The maximum atomic E-state index is 4.46. The highest BCUT2D eigenvalue weighted by Crippen LogP contribution is 2.47. The molecule has 12 heteroatoms. The normalized spacial score (nSPS) is 25.8. The zero-order valence-corrected chi connectivity index (χ0v) is 39.2. The van der Waals surface area contributed by atoms with Crippen LogP contribution in [-0.2, 0) is 0 Å². The maximum Gasteiger partial charge on any atom is 0.134 e. The Morgan fingerprint density at radius 2 is 0.779 bits per heavy atom. The first kappa shape index (κ1) is 42.1. The SMILES string of the molecule is c1ccc2c(-c3cn(-c4ccc(C5C[C@H]6CC[C@@H](C5)N6C5CCCCC5)cc4)nn3)n[nH]c2c1.c1ccc2c(-c3cn(-c4ccc(C5C[C@H]6CC[C@@H](C5)N6C5CCCCC5)cc4)nn3)n[nH]c2c1. The molecule has 0 amide bonds. The van der Waals surface area contributed by atoms with E-state index in [0.717, 1.165) is 92.2 Å². The Balaban J connectivity index is 0.000000134. The molecular formula is C56H64N12. The minimum Gasteiger partial charge on any atom is -0.294 e. The van der Waals surface area contributed by atoms with Gasteiger partial charge in [-0.3, -0.25) is 20.0 Å². The number of hydrogen-bond donors (Lipinski definition) is 2. The molecule has 6 atom stereocenters. The average molecular weight is 905 g/mol. The van der Waals surface area contributed by atoms with Gasteiger partial charge in [-0.1, -0.05) is 110 Å². The second-order valence-electron chi connectivity index (χ2n) is 21.1. The molecule has 0 radical (unpaired) electrons. The number of hydrogen-bond acceptors (Lipinski definition) is 8. The lowest BCUT2D eigenvalue weighted by atomic mass is 9.82. The minimum atomic E-state index is 0.688. The summed E-state index contributed by atoms with van der Waals surface area (Å²) in [4.78, 5) is 5.92. The predicted molar refractivity (Wildman–Crippen MR) is 268 cm³/mol. The van der Waals surface area contributed by atoms with E-state index in [1.807, 2.05) is 58.2 Å². The van der Waals surface area contributed by atoms with Crippen molar-refractivity contribution < 1.29 is 0 Å².